The Morgan fingerprint density at radius 2 is 1.93 bits per heavy atom. The number of non-ortho nitro benzene ring substituents is 1. The average molecular weight is 376 g/mol. The number of hydrogen-bond acceptors (Lipinski definition) is 7. The first-order valence-electron chi connectivity index (χ1n) is 8.14. The van der Waals surface area contributed by atoms with Crippen LogP contribution in [-0.2, 0) is 4.79 Å². The van der Waals surface area contributed by atoms with Gasteiger partial charge in [0.25, 0.3) is 17.5 Å². The highest BCUT2D eigenvalue weighted by Gasteiger charge is 2.14. The fraction of sp³-hybridized carbons (Fsp3) is 0. The summed E-state index contributed by atoms with van der Waals surface area (Å²) < 4.78 is 11.0. The topological polar surface area (TPSA) is 124 Å². The lowest BCUT2D eigenvalue weighted by molar-refractivity contribution is -0.384. The number of aromatic nitrogens is 2. The number of anilines is 1. The van der Waals surface area contributed by atoms with Crippen molar-refractivity contribution in [2.45, 2.75) is 0 Å². The van der Waals surface area contributed by atoms with Gasteiger partial charge in [-0.25, -0.2) is 0 Å². The fourth-order valence-corrected chi connectivity index (χ4v) is 2.52. The van der Waals surface area contributed by atoms with Crippen LogP contribution in [-0.4, -0.2) is 21.0 Å². The van der Waals surface area contributed by atoms with Crippen LogP contribution in [0.4, 0.5) is 11.7 Å². The second kappa shape index (κ2) is 7.16. The third-order valence-electron chi connectivity index (χ3n) is 3.80. The van der Waals surface area contributed by atoms with Crippen molar-refractivity contribution < 1.29 is 18.6 Å². The van der Waals surface area contributed by atoms with Crippen molar-refractivity contribution in [2.24, 2.45) is 0 Å². The average Bonchev–Trinajstić information content (AvgIpc) is 3.33. The van der Waals surface area contributed by atoms with E-state index in [9.17, 15) is 14.9 Å². The van der Waals surface area contributed by atoms with Crippen LogP contribution in [0.1, 0.15) is 5.56 Å². The number of amides is 1. The van der Waals surface area contributed by atoms with E-state index in [1.165, 1.54) is 30.4 Å². The summed E-state index contributed by atoms with van der Waals surface area (Å²) in [5, 5.41) is 21.7. The summed E-state index contributed by atoms with van der Waals surface area (Å²) in [6, 6.07) is 15.0. The Hall–Kier alpha value is -4.27. The van der Waals surface area contributed by atoms with Gasteiger partial charge >= 0.3 is 6.01 Å². The van der Waals surface area contributed by atoms with E-state index in [0.29, 0.717) is 16.9 Å². The van der Waals surface area contributed by atoms with Crippen LogP contribution >= 0.6 is 0 Å². The number of carbonyl (C=O) groups excluding carboxylic acids is 1. The molecule has 2 aromatic carbocycles. The third kappa shape index (κ3) is 3.63. The molecular formula is C19H12N4O5. The third-order valence-corrected chi connectivity index (χ3v) is 3.80. The van der Waals surface area contributed by atoms with Gasteiger partial charge in [0.05, 0.1) is 4.92 Å². The molecule has 138 valence electrons. The number of carbonyl (C=O) groups is 1. The molecule has 0 fully saturated rings. The van der Waals surface area contributed by atoms with Gasteiger partial charge in [0.15, 0.2) is 5.76 Å². The van der Waals surface area contributed by atoms with Gasteiger partial charge in [-0.1, -0.05) is 35.4 Å². The van der Waals surface area contributed by atoms with E-state index in [4.69, 9.17) is 8.83 Å². The van der Waals surface area contributed by atoms with Crippen molar-refractivity contribution in [3.8, 4) is 11.7 Å². The first-order chi connectivity index (χ1) is 13.6. The number of fused-ring (bicyclic) bond motifs is 1. The van der Waals surface area contributed by atoms with Crippen molar-refractivity contribution in [1.29, 1.82) is 0 Å². The van der Waals surface area contributed by atoms with Crippen molar-refractivity contribution in [3.05, 3.63) is 76.4 Å². The Morgan fingerprint density at radius 3 is 2.75 bits per heavy atom. The summed E-state index contributed by atoms with van der Waals surface area (Å²) in [6.07, 6.45) is 2.66. The van der Waals surface area contributed by atoms with E-state index in [1.807, 2.05) is 24.3 Å². The molecule has 2 aromatic heterocycles. The molecule has 4 aromatic rings. The standard InChI is InChI=1S/C19H12N4O5/c24-17(9-8-12-4-3-6-14(10-12)23(25)26)20-19-22-21-18(28-19)16-11-13-5-1-2-7-15(13)27-16/h1-11H,(H,20,22,24). The molecule has 1 amide bonds. The van der Waals surface area contributed by atoms with Gasteiger partial charge in [0, 0.05) is 23.6 Å². The van der Waals surface area contributed by atoms with Crippen LogP contribution in [0.2, 0.25) is 0 Å². The summed E-state index contributed by atoms with van der Waals surface area (Å²) in [5.41, 5.74) is 1.13. The van der Waals surface area contributed by atoms with Crippen molar-refractivity contribution in [3.63, 3.8) is 0 Å². The van der Waals surface area contributed by atoms with E-state index in [0.717, 1.165) is 5.39 Å². The molecule has 0 aliphatic rings. The monoisotopic (exact) mass is 376 g/mol. The Bertz CT molecular complexity index is 1170. The Labute approximate surface area is 157 Å². The lowest BCUT2D eigenvalue weighted by Crippen LogP contribution is -2.07. The summed E-state index contributed by atoms with van der Waals surface area (Å²) in [5.74, 6) is 0.00168. The largest absolute Gasteiger partial charge is 0.451 e. The first-order valence-corrected chi connectivity index (χ1v) is 8.14. The van der Waals surface area contributed by atoms with E-state index in [-0.39, 0.29) is 17.6 Å². The number of nitrogens with zero attached hydrogens (tertiary/aromatic N) is 3. The molecule has 0 spiro atoms. The molecule has 1 N–H and O–H groups in total. The highest BCUT2D eigenvalue weighted by molar-refractivity contribution is 6.00. The first kappa shape index (κ1) is 17.2. The zero-order chi connectivity index (χ0) is 19.5. The Kier molecular flexibility index (Phi) is 4.38. The van der Waals surface area contributed by atoms with Crippen molar-refractivity contribution >= 4 is 34.7 Å². The van der Waals surface area contributed by atoms with Gasteiger partial charge in [-0.05, 0) is 23.8 Å². The Morgan fingerprint density at radius 1 is 1.07 bits per heavy atom. The van der Waals surface area contributed by atoms with Crippen LogP contribution < -0.4 is 5.32 Å². The number of nitro benzene ring substituents is 1. The quantitative estimate of drug-likeness (QED) is 0.316. The molecule has 0 saturated heterocycles. The number of nitro groups is 1. The zero-order valence-corrected chi connectivity index (χ0v) is 14.2. The lowest BCUT2D eigenvalue weighted by atomic mass is 10.2. The fourth-order valence-electron chi connectivity index (χ4n) is 2.52. The number of benzene rings is 2. The van der Waals surface area contributed by atoms with Crippen LogP contribution in [0.3, 0.4) is 0 Å². The molecule has 0 atom stereocenters. The molecular weight excluding hydrogens is 364 g/mol. The van der Waals surface area contributed by atoms with Gasteiger partial charge < -0.3 is 8.83 Å². The maximum absolute atomic E-state index is 12.0. The second-order valence-electron chi connectivity index (χ2n) is 5.74. The normalized spacial score (nSPS) is 11.1. The number of furan rings is 1. The molecule has 2 heterocycles. The van der Waals surface area contributed by atoms with Crippen molar-refractivity contribution in [2.75, 3.05) is 5.32 Å². The molecule has 28 heavy (non-hydrogen) atoms. The molecule has 9 heteroatoms. The lowest BCUT2D eigenvalue weighted by Gasteiger charge is -1.95. The highest BCUT2D eigenvalue weighted by Crippen LogP contribution is 2.27. The second-order valence-corrected chi connectivity index (χ2v) is 5.74. The molecule has 4 rings (SSSR count). The molecule has 0 bridgehead atoms. The summed E-state index contributed by atoms with van der Waals surface area (Å²) in [7, 11) is 0. The van der Waals surface area contributed by atoms with Crippen LogP contribution in [0.15, 0.2) is 69.5 Å². The minimum atomic E-state index is -0.522. The number of hydrogen-bond donors (Lipinski definition) is 1. The summed E-state index contributed by atoms with van der Waals surface area (Å²) in [6.45, 7) is 0. The molecule has 0 aliphatic heterocycles. The van der Waals surface area contributed by atoms with E-state index < -0.39 is 10.8 Å². The molecule has 0 unspecified atom stereocenters. The number of para-hydroxylation sites is 1. The van der Waals surface area contributed by atoms with Gasteiger partial charge in [-0.3, -0.25) is 20.2 Å². The predicted octanol–water partition coefficient (Wildman–Crippen LogP) is 4.04. The van der Waals surface area contributed by atoms with E-state index in [2.05, 4.69) is 15.5 Å². The van der Waals surface area contributed by atoms with Gasteiger partial charge in [-0.15, -0.1) is 5.10 Å². The van der Waals surface area contributed by atoms with Crippen LogP contribution in [0.5, 0.6) is 0 Å². The Balaban J connectivity index is 1.45. The smallest absolute Gasteiger partial charge is 0.322 e. The minimum Gasteiger partial charge on any atom is -0.451 e. The molecule has 9 nitrogen and oxygen atoms in total. The summed E-state index contributed by atoms with van der Waals surface area (Å²) >= 11 is 0. The van der Waals surface area contributed by atoms with E-state index >= 15 is 0 Å². The molecule has 0 radical (unpaired) electrons. The maximum Gasteiger partial charge on any atom is 0.322 e. The predicted molar refractivity (Wildman–Crippen MR) is 100 cm³/mol. The molecule has 0 saturated carbocycles. The number of rotatable bonds is 5. The summed E-state index contributed by atoms with van der Waals surface area (Å²) in [4.78, 5) is 22.3. The number of nitrogens with one attached hydrogen (secondary N) is 1. The maximum atomic E-state index is 12.0. The zero-order valence-electron chi connectivity index (χ0n) is 14.2. The van der Waals surface area contributed by atoms with Crippen LogP contribution in [0.25, 0.3) is 28.7 Å². The minimum absolute atomic E-state index is 0.0602. The van der Waals surface area contributed by atoms with E-state index in [1.54, 1.807) is 12.1 Å². The van der Waals surface area contributed by atoms with Gasteiger partial charge in [0.2, 0.25) is 0 Å². The van der Waals surface area contributed by atoms with Gasteiger partial charge in [0.1, 0.15) is 5.58 Å². The highest BCUT2D eigenvalue weighted by atomic mass is 16.6. The SMILES string of the molecule is O=C(C=Cc1cccc([N+](=O)[O-])c1)Nc1nnc(-c2cc3ccccc3o2)o1. The van der Waals surface area contributed by atoms with Crippen LogP contribution in [0, 0.1) is 10.1 Å². The van der Waals surface area contributed by atoms with Crippen molar-refractivity contribution in [1.82, 2.24) is 10.2 Å². The van der Waals surface area contributed by atoms with Gasteiger partial charge in [-0.2, -0.15) is 0 Å². The molecule has 0 aliphatic carbocycles.